The normalized spacial score (nSPS) is 10.3. The molecular formula is C13H11F2IN2O. The smallest absolute Gasteiger partial charge is 0.148 e. The average Bonchev–Trinajstić information content (AvgIpc) is 2.35. The molecule has 0 heterocycles. The molecule has 0 spiro atoms. The maximum absolute atomic E-state index is 13.8. The Hall–Kier alpha value is -1.57. The topological polar surface area (TPSA) is 47.3 Å². The van der Waals surface area contributed by atoms with Gasteiger partial charge in [-0.3, -0.25) is 0 Å². The van der Waals surface area contributed by atoms with Gasteiger partial charge in [-0.15, -0.1) is 0 Å². The van der Waals surface area contributed by atoms with E-state index in [-0.39, 0.29) is 17.2 Å². The molecule has 3 nitrogen and oxygen atoms in total. The highest BCUT2D eigenvalue weighted by atomic mass is 127. The lowest BCUT2D eigenvalue weighted by Gasteiger charge is -2.12. The fourth-order valence-corrected chi connectivity index (χ4v) is 2.19. The van der Waals surface area contributed by atoms with E-state index in [1.54, 1.807) is 6.07 Å². The standard InChI is InChI=1S/C13H11F2IN2O/c1-19-13-6-12(8(15)5-10(13)17)18-11-3-2-7(14)4-9(11)16/h2-6,18H,17H2,1H3. The van der Waals surface area contributed by atoms with Crippen LogP contribution in [0.15, 0.2) is 30.3 Å². The van der Waals surface area contributed by atoms with Crippen molar-refractivity contribution in [2.45, 2.75) is 0 Å². The fraction of sp³-hybridized carbons (Fsp3) is 0.0769. The number of halogens is 3. The predicted molar refractivity (Wildman–Crippen MR) is 79.8 cm³/mol. The lowest BCUT2D eigenvalue weighted by molar-refractivity contribution is 0.416. The van der Waals surface area contributed by atoms with Crippen molar-refractivity contribution in [3.63, 3.8) is 0 Å². The number of nitrogens with one attached hydrogen (secondary N) is 1. The van der Waals surface area contributed by atoms with Crippen LogP contribution in [-0.2, 0) is 0 Å². The van der Waals surface area contributed by atoms with Crippen LogP contribution in [0.25, 0.3) is 0 Å². The first-order chi connectivity index (χ1) is 9.01. The molecule has 6 heteroatoms. The van der Waals surface area contributed by atoms with Crippen LogP contribution in [-0.4, -0.2) is 7.11 Å². The van der Waals surface area contributed by atoms with Gasteiger partial charge in [-0.1, -0.05) is 0 Å². The summed E-state index contributed by atoms with van der Waals surface area (Å²) >= 11 is 1.97. The first-order valence-corrected chi connectivity index (χ1v) is 6.44. The van der Waals surface area contributed by atoms with Gasteiger partial charge in [0.1, 0.15) is 17.4 Å². The third-order valence-electron chi connectivity index (χ3n) is 2.52. The van der Waals surface area contributed by atoms with Gasteiger partial charge < -0.3 is 15.8 Å². The molecule has 100 valence electrons. The van der Waals surface area contributed by atoms with Crippen molar-refractivity contribution in [2.24, 2.45) is 0 Å². The van der Waals surface area contributed by atoms with Crippen LogP contribution in [0.1, 0.15) is 0 Å². The molecule has 0 atom stereocenters. The maximum atomic E-state index is 13.8. The molecule has 0 aliphatic rings. The second-order valence-electron chi connectivity index (χ2n) is 3.82. The van der Waals surface area contributed by atoms with Gasteiger partial charge in [0.25, 0.3) is 0 Å². The van der Waals surface area contributed by atoms with Gasteiger partial charge in [-0.25, -0.2) is 8.78 Å². The van der Waals surface area contributed by atoms with Crippen LogP contribution < -0.4 is 15.8 Å². The van der Waals surface area contributed by atoms with Crippen molar-refractivity contribution in [3.8, 4) is 5.75 Å². The summed E-state index contributed by atoms with van der Waals surface area (Å²) in [6.45, 7) is 0. The van der Waals surface area contributed by atoms with E-state index in [1.807, 2.05) is 22.6 Å². The van der Waals surface area contributed by atoms with E-state index in [2.05, 4.69) is 5.32 Å². The summed E-state index contributed by atoms with van der Waals surface area (Å²) in [5.41, 5.74) is 6.64. The lowest BCUT2D eigenvalue weighted by Crippen LogP contribution is -2.00. The first-order valence-electron chi connectivity index (χ1n) is 5.36. The Morgan fingerprint density at radius 2 is 1.89 bits per heavy atom. The summed E-state index contributed by atoms with van der Waals surface area (Å²) in [7, 11) is 1.45. The molecule has 0 aliphatic heterocycles. The summed E-state index contributed by atoms with van der Waals surface area (Å²) < 4.78 is 32.5. The van der Waals surface area contributed by atoms with Crippen molar-refractivity contribution >= 4 is 39.7 Å². The summed E-state index contributed by atoms with van der Waals surface area (Å²) in [5, 5.41) is 2.88. The maximum Gasteiger partial charge on any atom is 0.148 e. The second kappa shape index (κ2) is 5.60. The van der Waals surface area contributed by atoms with E-state index in [0.29, 0.717) is 15.0 Å². The average molecular weight is 376 g/mol. The van der Waals surface area contributed by atoms with E-state index in [4.69, 9.17) is 10.5 Å². The third kappa shape index (κ3) is 3.06. The highest BCUT2D eigenvalue weighted by Gasteiger charge is 2.10. The van der Waals surface area contributed by atoms with E-state index in [1.165, 1.54) is 31.4 Å². The van der Waals surface area contributed by atoms with Crippen LogP contribution >= 0.6 is 22.6 Å². The highest BCUT2D eigenvalue weighted by molar-refractivity contribution is 14.1. The monoisotopic (exact) mass is 376 g/mol. The molecule has 0 saturated heterocycles. The Balaban J connectivity index is 2.37. The number of nitrogens with two attached hydrogens (primary N) is 1. The highest BCUT2D eigenvalue weighted by Crippen LogP contribution is 2.31. The molecule has 19 heavy (non-hydrogen) atoms. The van der Waals surface area contributed by atoms with Crippen molar-refractivity contribution in [2.75, 3.05) is 18.2 Å². The molecule has 0 radical (unpaired) electrons. The Bertz CT molecular complexity index is 620. The Labute approximate surface area is 122 Å². The molecule has 0 bridgehead atoms. The van der Waals surface area contributed by atoms with Gasteiger partial charge in [0.05, 0.1) is 24.2 Å². The van der Waals surface area contributed by atoms with Crippen LogP contribution in [0, 0.1) is 15.2 Å². The minimum absolute atomic E-state index is 0.218. The third-order valence-corrected chi connectivity index (χ3v) is 3.41. The molecule has 2 aromatic rings. The number of hydrogen-bond acceptors (Lipinski definition) is 3. The molecular weight excluding hydrogens is 365 g/mol. The molecule has 3 N–H and O–H groups in total. The molecule has 0 unspecified atom stereocenters. The molecule has 0 saturated carbocycles. The van der Waals surface area contributed by atoms with Crippen molar-refractivity contribution in [1.82, 2.24) is 0 Å². The quantitative estimate of drug-likeness (QED) is 0.631. The van der Waals surface area contributed by atoms with Gasteiger partial charge in [0.15, 0.2) is 0 Å². The molecule has 0 fully saturated rings. The zero-order chi connectivity index (χ0) is 14.0. The Morgan fingerprint density at radius 1 is 1.16 bits per heavy atom. The van der Waals surface area contributed by atoms with E-state index < -0.39 is 5.82 Å². The van der Waals surface area contributed by atoms with Gasteiger partial charge in [-0.2, -0.15) is 0 Å². The van der Waals surface area contributed by atoms with Gasteiger partial charge in [-0.05, 0) is 40.8 Å². The van der Waals surface area contributed by atoms with Gasteiger partial charge >= 0.3 is 0 Å². The van der Waals surface area contributed by atoms with Crippen LogP contribution in [0.2, 0.25) is 0 Å². The number of nitrogen functional groups attached to an aromatic ring is 1. The number of ether oxygens (including phenoxy) is 1. The molecule has 0 aliphatic carbocycles. The van der Waals surface area contributed by atoms with Crippen molar-refractivity contribution in [3.05, 3.63) is 45.5 Å². The predicted octanol–water partition coefficient (Wildman–Crippen LogP) is 3.90. The number of anilines is 3. The summed E-state index contributed by atoms with van der Waals surface area (Å²) in [5.74, 6) is -0.468. The number of benzene rings is 2. The summed E-state index contributed by atoms with van der Waals surface area (Å²) in [6, 6.07) is 6.84. The van der Waals surface area contributed by atoms with E-state index in [0.717, 1.165) is 0 Å². The van der Waals surface area contributed by atoms with E-state index >= 15 is 0 Å². The zero-order valence-electron chi connectivity index (χ0n) is 10.0. The Kier molecular flexibility index (Phi) is 4.08. The number of rotatable bonds is 3. The van der Waals surface area contributed by atoms with Crippen molar-refractivity contribution in [1.29, 1.82) is 0 Å². The molecule has 2 aromatic carbocycles. The second-order valence-corrected chi connectivity index (χ2v) is 4.99. The SMILES string of the molecule is COc1cc(Nc2ccc(F)cc2I)c(F)cc1N. The Morgan fingerprint density at radius 3 is 2.53 bits per heavy atom. The van der Waals surface area contributed by atoms with Crippen LogP contribution in [0.4, 0.5) is 25.8 Å². The van der Waals surface area contributed by atoms with Gasteiger partial charge in [0.2, 0.25) is 0 Å². The minimum Gasteiger partial charge on any atom is -0.495 e. The zero-order valence-corrected chi connectivity index (χ0v) is 12.2. The summed E-state index contributed by atoms with van der Waals surface area (Å²) in [6.07, 6.45) is 0. The minimum atomic E-state index is -0.501. The number of methoxy groups -OCH3 is 1. The lowest BCUT2D eigenvalue weighted by atomic mass is 10.2. The molecule has 2 rings (SSSR count). The fourth-order valence-electron chi connectivity index (χ4n) is 1.58. The van der Waals surface area contributed by atoms with Crippen LogP contribution in [0.5, 0.6) is 5.75 Å². The summed E-state index contributed by atoms with van der Waals surface area (Å²) in [4.78, 5) is 0. The van der Waals surface area contributed by atoms with Gasteiger partial charge in [0, 0.05) is 15.7 Å². The molecule has 0 amide bonds. The first kappa shape index (κ1) is 13.9. The van der Waals surface area contributed by atoms with E-state index in [9.17, 15) is 8.78 Å². The molecule has 0 aromatic heterocycles. The van der Waals surface area contributed by atoms with Crippen molar-refractivity contribution < 1.29 is 13.5 Å². The van der Waals surface area contributed by atoms with Crippen LogP contribution in [0.3, 0.4) is 0 Å². The number of hydrogen-bond donors (Lipinski definition) is 2. The largest absolute Gasteiger partial charge is 0.495 e.